The van der Waals surface area contributed by atoms with Gasteiger partial charge >= 0.3 is 6.01 Å². The number of oxazole rings is 1. The van der Waals surface area contributed by atoms with E-state index in [2.05, 4.69) is 15.3 Å². The minimum Gasteiger partial charge on any atom is -0.432 e. The average Bonchev–Trinajstić information content (AvgIpc) is 3.03. The molecule has 0 aliphatic carbocycles. The lowest BCUT2D eigenvalue weighted by atomic mass is 10.1. The van der Waals surface area contributed by atoms with E-state index in [-0.39, 0.29) is 22.8 Å². The van der Waals surface area contributed by atoms with Crippen LogP contribution in [0.4, 0.5) is 19.2 Å². The van der Waals surface area contributed by atoms with Crippen LogP contribution >= 0.6 is 0 Å². The fourth-order valence-electron chi connectivity index (χ4n) is 1.88. The Balaban J connectivity index is 1.95. The molecule has 8 heteroatoms. The van der Waals surface area contributed by atoms with Gasteiger partial charge in [0.1, 0.15) is 6.26 Å². The Bertz CT molecular complexity index is 866. The van der Waals surface area contributed by atoms with E-state index in [0.29, 0.717) is 0 Å². The third-order valence-corrected chi connectivity index (χ3v) is 2.97. The van der Waals surface area contributed by atoms with Crippen LogP contribution in [0.25, 0.3) is 11.3 Å². The van der Waals surface area contributed by atoms with Crippen LogP contribution in [0.2, 0.25) is 0 Å². The maximum Gasteiger partial charge on any atom is 0.301 e. The van der Waals surface area contributed by atoms with Gasteiger partial charge in [0, 0.05) is 5.56 Å². The second kappa shape index (κ2) is 5.91. The lowest BCUT2D eigenvalue weighted by molar-refractivity contribution is 0.102. The van der Waals surface area contributed by atoms with Crippen LogP contribution in [0.5, 0.6) is 0 Å². The first-order valence-electron chi connectivity index (χ1n) is 6.36. The molecule has 1 N–H and O–H groups in total. The molecule has 2 aromatic heterocycles. The third-order valence-electron chi connectivity index (χ3n) is 2.97. The summed E-state index contributed by atoms with van der Waals surface area (Å²) in [6.07, 6.45) is 3.37. The molecule has 23 heavy (non-hydrogen) atoms. The highest BCUT2D eigenvalue weighted by Crippen LogP contribution is 2.22. The first-order chi connectivity index (χ1) is 11.0. The van der Waals surface area contributed by atoms with Crippen molar-refractivity contribution in [2.24, 2.45) is 0 Å². The summed E-state index contributed by atoms with van der Waals surface area (Å²) in [4.78, 5) is 19.5. The number of benzene rings is 1. The van der Waals surface area contributed by atoms with Gasteiger partial charge in [0.25, 0.3) is 5.91 Å². The Morgan fingerprint density at radius 3 is 2.57 bits per heavy atom. The fourth-order valence-corrected chi connectivity index (χ4v) is 1.88. The number of halogens is 3. The van der Waals surface area contributed by atoms with Crippen molar-refractivity contribution in [1.82, 2.24) is 9.97 Å². The van der Waals surface area contributed by atoms with Crippen molar-refractivity contribution < 1.29 is 22.4 Å². The SMILES string of the molecule is O=C(Nc1ncco1)c1cc(-c2ccc(F)c(F)c2)ncc1F. The van der Waals surface area contributed by atoms with Crippen LogP contribution in [-0.4, -0.2) is 15.9 Å². The van der Waals surface area contributed by atoms with Gasteiger partial charge in [-0.25, -0.2) is 18.2 Å². The fraction of sp³-hybridized carbons (Fsp3) is 0. The highest BCUT2D eigenvalue weighted by molar-refractivity contribution is 6.03. The quantitative estimate of drug-likeness (QED) is 0.803. The molecule has 116 valence electrons. The molecular formula is C15H8F3N3O2. The lowest BCUT2D eigenvalue weighted by Crippen LogP contribution is -2.14. The normalized spacial score (nSPS) is 10.6. The van der Waals surface area contributed by atoms with Gasteiger partial charge in [-0.2, -0.15) is 0 Å². The van der Waals surface area contributed by atoms with E-state index in [0.717, 1.165) is 24.4 Å². The van der Waals surface area contributed by atoms with E-state index in [1.54, 1.807) is 0 Å². The number of pyridine rings is 1. The van der Waals surface area contributed by atoms with E-state index in [1.807, 2.05) is 0 Å². The van der Waals surface area contributed by atoms with Gasteiger partial charge in [-0.3, -0.25) is 15.1 Å². The Morgan fingerprint density at radius 2 is 1.87 bits per heavy atom. The van der Waals surface area contributed by atoms with Crippen LogP contribution in [0.1, 0.15) is 10.4 Å². The summed E-state index contributed by atoms with van der Waals surface area (Å²) in [5.41, 5.74) is -0.0186. The molecule has 0 bridgehead atoms. The smallest absolute Gasteiger partial charge is 0.301 e. The monoisotopic (exact) mass is 319 g/mol. The second-order valence-corrected chi connectivity index (χ2v) is 4.47. The van der Waals surface area contributed by atoms with Crippen molar-refractivity contribution in [3.05, 3.63) is 65.9 Å². The van der Waals surface area contributed by atoms with Gasteiger partial charge in [-0.05, 0) is 24.3 Å². The van der Waals surface area contributed by atoms with E-state index in [4.69, 9.17) is 4.42 Å². The number of aromatic nitrogens is 2. The number of carbonyl (C=O) groups is 1. The Labute approximate surface area is 127 Å². The average molecular weight is 319 g/mol. The van der Waals surface area contributed by atoms with Crippen LogP contribution in [0.15, 0.2) is 47.3 Å². The number of hydrogen-bond donors (Lipinski definition) is 1. The van der Waals surface area contributed by atoms with E-state index >= 15 is 0 Å². The molecule has 0 aliphatic rings. The zero-order valence-electron chi connectivity index (χ0n) is 11.4. The molecule has 0 radical (unpaired) electrons. The molecule has 0 atom stereocenters. The molecule has 3 aromatic rings. The van der Waals surface area contributed by atoms with Crippen LogP contribution in [0.3, 0.4) is 0 Å². The van der Waals surface area contributed by atoms with Crippen LogP contribution < -0.4 is 5.32 Å². The van der Waals surface area contributed by atoms with Gasteiger partial charge in [-0.1, -0.05) is 0 Å². The zero-order chi connectivity index (χ0) is 16.4. The maximum absolute atomic E-state index is 13.8. The molecule has 0 saturated heterocycles. The molecule has 2 heterocycles. The van der Waals surface area contributed by atoms with Gasteiger partial charge in [0.2, 0.25) is 0 Å². The van der Waals surface area contributed by atoms with Gasteiger partial charge in [-0.15, -0.1) is 0 Å². The summed E-state index contributed by atoms with van der Waals surface area (Å²) in [5.74, 6) is -3.77. The molecule has 0 saturated carbocycles. The Hall–Kier alpha value is -3.16. The predicted molar refractivity (Wildman–Crippen MR) is 74.0 cm³/mol. The molecule has 0 unspecified atom stereocenters. The molecule has 1 aromatic carbocycles. The number of carbonyl (C=O) groups excluding carboxylic acids is 1. The summed E-state index contributed by atoms with van der Waals surface area (Å²) in [7, 11) is 0. The molecule has 5 nitrogen and oxygen atoms in total. The summed E-state index contributed by atoms with van der Waals surface area (Å²) >= 11 is 0. The zero-order valence-corrected chi connectivity index (χ0v) is 11.4. The molecule has 1 amide bonds. The number of rotatable bonds is 3. The second-order valence-electron chi connectivity index (χ2n) is 4.47. The van der Waals surface area contributed by atoms with Gasteiger partial charge < -0.3 is 4.42 Å². The standard InChI is InChI=1S/C15H8F3N3O2/c16-10-2-1-8(5-11(10)17)13-6-9(12(18)7-20-13)14(22)21-15-19-3-4-23-15/h1-7H,(H,19,21,22). The van der Waals surface area contributed by atoms with Crippen LogP contribution in [0, 0.1) is 17.5 Å². The highest BCUT2D eigenvalue weighted by atomic mass is 19.2. The van der Waals surface area contributed by atoms with Crippen molar-refractivity contribution >= 4 is 11.9 Å². The first kappa shape index (κ1) is 14.8. The highest BCUT2D eigenvalue weighted by Gasteiger charge is 2.16. The maximum atomic E-state index is 13.8. The van der Waals surface area contributed by atoms with Crippen molar-refractivity contribution in [3.8, 4) is 11.3 Å². The summed E-state index contributed by atoms with van der Waals surface area (Å²) in [6.45, 7) is 0. The molecule has 3 rings (SSSR count). The topological polar surface area (TPSA) is 68.0 Å². The number of amides is 1. The summed E-state index contributed by atoms with van der Waals surface area (Å²) in [6, 6.07) is 4.13. The van der Waals surface area contributed by atoms with Crippen molar-refractivity contribution in [2.75, 3.05) is 5.32 Å². The summed E-state index contributed by atoms with van der Waals surface area (Å²) in [5, 5.41) is 2.26. The number of hydrogen-bond acceptors (Lipinski definition) is 4. The minimum atomic E-state index is -1.07. The minimum absolute atomic E-state index is 0.0967. The van der Waals surface area contributed by atoms with Crippen molar-refractivity contribution in [2.45, 2.75) is 0 Å². The summed E-state index contributed by atoms with van der Waals surface area (Å²) < 4.78 is 44.9. The Morgan fingerprint density at radius 1 is 1.04 bits per heavy atom. The Kier molecular flexibility index (Phi) is 3.80. The number of nitrogens with one attached hydrogen (secondary N) is 1. The molecule has 0 fully saturated rings. The number of nitrogens with zero attached hydrogens (tertiary/aromatic N) is 2. The lowest BCUT2D eigenvalue weighted by Gasteiger charge is -2.06. The van der Waals surface area contributed by atoms with Gasteiger partial charge in [0.15, 0.2) is 17.5 Å². The first-order valence-corrected chi connectivity index (χ1v) is 6.36. The third kappa shape index (κ3) is 3.05. The van der Waals surface area contributed by atoms with E-state index < -0.39 is 23.4 Å². The van der Waals surface area contributed by atoms with Crippen molar-refractivity contribution in [3.63, 3.8) is 0 Å². The van der Waals surface area contributed by atoms with Crippen LogP contribution in [-0.2, 0) is 0 Å². The molecular weight excluding hydrogens is 311 g/mol. The predicted octanol–water partition coefficient (Wildman–Crippen LogP) is 3.41. The van der Waals surface area contributed by atoms with E-state index in [1.165, 1.54) is 18.5 Å². The number of anilines is 1. The largest absolute Gasteiger partial charge is 0.432 e. The molecule has 0 spiro atoms. The van der Waals surface area contributed by atoms with Crippen molar-refractivity contribution in [1.29, 1.82) is 0 Å². The van der Waals surface area contributed by atoms with Gasteiger partial charge in [0.05, 0.1) is 23.7 Å². The molecule has 0 aliphatic heterocycles. The van der Waals surface area contributed by atoms with E-state index in [9.17, 15) is 18.0 Å².